The molecule has 334 valence electrons. The van der Waals surface area contributed by atoms with Gasteiger partial charge in [-0.15, -0.1) is 0 Å². The molecule has 7 rings (SSSR count). The third-order valence-corrected chi connectivity index (χ3v) is 13.6. The highest BCUT2D eigenvalue weighted by molar-refractivity contribution is 5.96. The SMILES string of the molecule is CC(=O)O[C@H]1C(=O)[C@@]2(C)[C@H]([C@H](OC(=O)c3ccccc3)[C@]3(O)C[C@H](OC(=O)[C@H](O)[C@@H](NC(=O)c4ccc(F)cc4)c4ccccc4)C(C)=C1C3(C)C)[C@]1(OC(C)=O)CO[C@@H]1C[C@@H]2O. The van der Waals surface area contributed by atoms with Gasteiger partial charge in [-0.05, 0) is 67.0 Å². The number of carbonyl (C=O) groups excluding carboxylic acids is 6. The number of fused-ring (bicyclic) bond motifs is 5. The van der Waals surface area contributed by atoms with Gasteiger partial charge < -0.3 is 44.3 Å². The lowest BCUT2D eigenvalue weighted by Crippen LogP contribution is -2.82. The number of ether oxygens (including phenoxy) is 5. The fraction of sp³-hybridized carbons (Fsp3) is 0.447. The topological polar surface area (TPSA) is 221 Å². The molecule has 4 aliphatic rings. The Morgan fingerprint density at radius 3 is 2.05 bits per heavy atom. The van der Waals surface area contributed by atoms with Gasteiger partial charge in [-0.2, -0.15) is 0 Å². The minimum Gasteiger partial charge on any atom is -0.456 e. The van der Waals surface area contributed by atoms with E-state index in [2.05, 4.69) is 5.32 Å². The molecule has 15 nitrogen and oxygen atoms in total. The number of Topliss-reactive ketones (excluding diaryl/α,β-unsaturated/α-hetero) is 1. The highest BCUT2D eigenvalue weighted by atomic mass is 19.1. The number of aliphatic hydroxyl groups excluding tert-OH is 2. The average Bonchev–Trinajstić information content (AvgIpc) is 3.24. The molecule has 1 aliphatic heterocycles. The van der Waals surface area contributed by atoms with Gasteiger partial charge in [0.15, 0.2) is 23.6 Å². The van der Waals surface area contributed by atoms with E-state index in [9.17, 15) is 43.7 Å². The maximum Gasteiger partial charge on any atom is 0.338 e. The highest BCUT2D eigenvalue weighted by Gasteiger charge is 2.78. The van der Waals surface area contributed by atoms with Crippen LogP contribution in [0.3, 0.4) is 0 Å². The first kappa shape index (κ1) is 45.2. The van der Waals surface area contributed by atoms with Gasteiger partial charge in [-0.1, -0.05) is 62.4 Å². The van der Waals surface area contributed by atoms with E-state index in [1.165, 1.54) is 52.0 Å². The average molecular weight is 872 g/mol. The first-order valence-electron chi connectivity index (χ1n) is 20.6. The normalized spacial score (nSPS) is 31.6. The van der Waals surface area contributed by atoms with Crippen LogP contribution in [0.25, 0.3) is 0 Å². The molecule has 1 heterocycles. The Balaban J connectivity index is 1.38. The van der Waals surface area contributed by atoms with E-state index in [1.807, 2.05) is 0 Å². The van der Waals surface area contributed by atoms with E-state index in [1.54, 1.807) is 48.5 Å². The van der Waals surface area contributed by atoms with E-state index in [4.69, 9.17) is 23.7 Å². The molecule has 2 saturated carbocycles. The molecule has 3 aliphatic carbocycles. The van der Waals surface area contributed by atoms with Crippen molar-refractivity contribution in [2.45, 2.75) is 108 Å². The van der Waals surface area contributed by atoms with Gasteiger partial charge in [0.2, 0.25) is 0 Å². The number of nitrogens with one attached hydrogen (secondary N) is 1. The van der Waals surface area contributed by atoms with Crippen LogP contribution in [0, 0.1) is 22.6 Å². The zero-order valence-corrected chi connectivity index (χ0v) is 35.5. The van der Waals surface area contributed by atoms with Crippen LogP contribution in [0.4, 0.5) is 4.39 Å². The van der Waals surface area contributed by atoms with Crippen molar-refractivity contribution in [2.75, 3.05) is 6.61 Å². The number of carbonyl (C=O) groups is 6. The minimum atomic E-state index is -2.42. The van der Waals surface area contributed by atoms with Crippen LogP contribution in [-0.4, -0.2) is 105 Å². The Bertz CT molecular complexity index is 2340. The zero-order chi connectivity index (χ0) is 45.8. The van der Waals surface area contributed by atoms with Crippen molar-refractivity contribution in [3.63, 3.8) is 0 Å². The number of benzene rings is 3. The smallest absolute Gasteiger partial charge is 0.338 e. The van der Waals surface area contributed by atoms with Gasteiger partial charge in [0, 0.05) is 37.7 Å². The minimum absolute atomic E-state index is 0.0260. The quantitative estimate of drug-likeness (QED) is 0.129. The number of hydrogen-bond donors (Lipinski definition) is 4. The summed E-state index contributed by atoms with van der Waals surface area (Å²) in [6.07, 6.45) is -10.8. The Hall–Kier alpha value is -5.81. The Kier molecular flexibility index (Phi) is 12.0. The number of rotatable bonds is 10. The van der Waals surface area contributed by atoms with Crippen molar-refractivity contribution >= 4 is 35.6 Å². The van der Waals surface area contributed by atoms with Crippen molar-refractivity contribution < 1.29 is 72.2 Å². The lowest BCUT2D eigenvalue weighted by Gasteiger charge is -2.67. The third kappa shape index (κ3) is 7.62. The molecule has 0 radical (unpaired) electrons. The standard InChI is InChI=1S/C47H50FNO14/c1-24-31(61-43(57)36(53)35(27-13-9-7-10-14-27)49-41(55)28-17-19-30(48)20-18-28)22-47(58)40(62-42(56)29-15-11-8-12-16-29)38-45(6,32(52)21-33-46(38,23-59-33)63-26(3)51)39(54)37(60-25(2)50)34(24)44(47,4)5/h7-20,31-33,35-38,40,52-53,58H,21-23H2,1-6H3,(H,49,55)/t31-,32-,33+,35-,36+,37+,38-,40-,45+,46-,47+/m0/s1. The number of esters is 4. The van der Waals surface area contributed by atoms with E-state index in [0.29, 0.717) is 0 Å². The molecule has 3 aromatic rings. The predicted octanol–water partition coefficient (Wildman–Crippen LogP) is 3.87. The second-order valence-corrected chi connectivity index (χ2v) is 17.5. The number of aliphatic hydroxyl groups is 3. The first-order valence-corrected chi connectivity index (χ1v) is 20.6. The van der Waals surface area contributed by atoms with Crippen LogP contribution in [0.5, 0.6) is 0 Å². The van der Waals surface area contributed by atoms with Gasteiger partial charge in [0.25, 0.3) is 5.91 Å². The van der Waals surface area contributed by atoms with Crippen LogP contribution in [0.15, 0.2) is 96.1 Å². The summed E-state index contributed by atoms with van der Waals surface area (Å²) in [5, 5.41) is 40.1. The molecule has 0 aromatic heterocycles. The second kappa shape index (κ2) is 16.7. The molecule has 63 heavy (non-hydrogen) atoms. The van der Waals surface area contributed by atoms with Crippen LogP contribution >= 0.6 is 0 Å². The maximum atomic E-state index is 15.5. The second-order valence-electron chi connectivity index (χ2n) is 17.5. The molecule has 1 saturated heterocycles. The van der Waals surface area contributed by atoms with Crippen LogP contribution in [-0.2, 0) is 42.9 Å². The predicted molar refractivity (Wildman–Crippen MR) is 218 cm³/mol. The van der Waals surface area contributed by atoms with Crippen molar-refractivity contribution in [2.24, 2.45) is 16.7 Å². The van der Waals surface area contributed by atoms with Crippen molar-refractivity contribution in [1.82, 2.24) is 5.32 Å². The summed E-state index contributed by atoms with van der Waals surface area (Å²) in [4.78, 5) is 83.4. The Morgan fingerprint density at radius 2 is 1.48 bits per heavy atom. The molecule has 4 N–H and O–H groups in total. The van der Waals surface area contributed by atoms with Crippen LogP contribution in [0.1, 0.15) is 86.7 Å². The summed E-state index contributed by atoms with van der Waals surface area (Å²) in [6.45, 7) is 7.83. The fourth-order valence-electron chi connectivity index (χ4n) is 10.2. The maximum absolute atomic E-state index is 15.5. The molecule has 0 spiro atoms. The largest absolute Gasteiger partial charge is 0.456 e. The molecule has 1 amide bonds. The summed E-state index contributed by atoms with van der Waals surface area (Å²) in [6, 6.07) is 19.0. The molecule has 2 bridgehead atoms. The lowest BCUT2D eigenvalue weighted by atomic mass is 9.44. The van der Waals surface area contributed by atoms with Crippen LogP contribution < -0.4 is 5.32 Å². The molecule has 11 atom stereocenters. The summed E-state index contributed by atoms with van der Waals surface area (Å²) in [7, 11) is 0. The van der Waals surface area contributed by atoms with Gasteiger partial charge in [0.1, 0.15) is 29.7 Å². The van der Waals surface area contributed by atoms with E-state index in [-0.39, 0.29) is 40.9 Å². The van der Waals surface area contributed by atoms with Gasteiger partial charge >= 0.3 is 23.9 Å². The first-order chi connectivity index (χ1) is 29.7. The van der Waals surface area contributed by atoms with Crippen LogP contribution in [0.2, 0.25) is 0 Å². The Labute approximate surface area is 362 Å². The highest BCUT2D eigenvalue weighted by Crippen LogP contribution is 2.64. The van der Waals surface area contributed by atoms with E-state index < -0.39 is 118 Å². The molecule has 16 heteroatoms. The zero-order valence-electron chi connectivity index (χ0n) is 35.5. The van der Waals surface area contributed by atoms with E-state index in [0.717, 1.165) is 26.0 Å². The summed E-state index contributed by atoms with van der Waals surface area (Å²) in [5.74, 6) is -7.76. The lowest BCUT2D eigenvalue weighted by molar-refractivity contribution is -0.346. The summed E-state index contributed by atoms with van der Waals surface area (Å²) in [5.41, 5.74) is -7.51. The molecular weight excluding hydrogens is 822 g/mol. The van der Waals surface area contributed by atoms with Gasteiger partial charge in [0.05, 0.1) is 35.6 Å². The number of halogens is 1. The summed E-state index contributed by atoms with van der Waals surface area (Å²) < 4.78 is 43.9. The molecule has 3 aromatic carbocycles. The monoisotopic (exact) mass is 871 g/mol. The van der Waals surface area contributed by atoms with Crippen molar-refractivity contribution in [3.8, 4) is 0 Å². The molecule has 0 unspecified atom stereocenters. The van der Waals surface area contributed by atoms with Gasteiger partial charge in [-0.25, -0.2) is 14.0 Å². The third-order valence-electron chi connectivity index (χ3n) is 13.6. The molecular formula is C47H50FNO14. The van der Waals surface area contributed by atoms with Crippen molar-refractivity contribution in [3.05, 3.63) is 119 Å². The number of ketones is 1. The Morgan fingerprint density at radius 1 is 0.857 bits per heavy atom. The van der Waals surface area contributed by atoms with Crippen molar-refractivity contribution in [1.29, 1.82) is 0 Å². The number of hydrogen-bond acceptors (Lipinski definition) is 14. The molecule has 3 fully saturated rings. The number of amides is 1. The fourth-order valence-corrected chi connectivity index (χ4v) is 10.2. The van der Waals surface area contributed by atoms with Gasteiger partial charge in [-0.3, -0.25) is 19.2 Å². The summed E-state index contributed by atoms with van der Waals surface area (Å²) >= 11 is 0. The van der Waals surface area contributed by atoms with E-state index >= 15 is 4.79 Å².